The largest absolute Gasteiger partial charge is 0.439 e. The molecular formula is C16H17N5O2. The maximum atomic E-state index is 11.7. The maximum absolute atomic E-state index is 11.7. The topological polar surface area (TPSA) is 99.9 Å². The number of carbonyl (C=O) groups excluding carboxylic acids is 1. The number of hydrogen-bond donors (Lipinski definition) is 2. The Kier molecular flexibility index (Phi) is 5.10. The van der Waals surface area contributed by atoms with Crippen LogP contribution in [-0.2, 0) is 0 Å². The second-order valence-corrected chi connectivity index (χ2v) is 5.16. The number of nitrogens with zero attached hydrogens (tertiary/aromatic N) is 3. The molecule has 1 aromatic heterocycles. The Morgan fingerprint density at radius 3 is 2.57 bits per heavy atom. The molecule has 7 heteroatoms. The number of anilines is 1. The van der Waals surface area contributed by atoms with Crippen molar-refractivity contribution in [1.82, 2.24) is 15.3 Å². The van der Waals surface area contributed by atoms with Gasteiger partial charge in [0.1, 0.15) is 5.75 Å². The molecule has 0 aliphatic rings. The fourth-order valence-electron chi connectivity index (χ4n) is 1.77. The number of nitrogens with one attached hydrogen (secondary N) is 2. The average molecular weight is 311 g/mol. The van der Waals surface area contributed by atoms with Gasteiger partial charge in [0.05, 0.1) is 11.6 Å². The summed E-state index contributed by atoms with van der Waals surface area (Å²) in [6, 6.07) is 9.98. The second kappa shape index (κ2) is 7.22. The molecule has 2 amide bonds. The Labute approximate surface area is 134 Å². The summed E-state index contributed by atoms with van der Waals surface area (Å²) in [7, 11) is 0. The number of urea groups is 1. The van der Waals surface area contributed by atoms with E-state index in [1.54, 1.807) is 37.3 Å². The molecule has 0 bridgehead atoms. The van der Waals surface area contributed by atoms with Crippen LogP contribution in [0, 0.1) is 18.3 Å². The van der Waals surface area contributed by atoms with Gasteiger partial charge in [0.15, 0.2) is 0 Å². The fourth-order valence-corrected chi connectivity index (χ4v) is 1.77. The lowest BCUT2D eigenvalue weighted by molar-refractivity contribution is 0.250. The van der Waals surface area contributed by atoms with E-state index < -0.39 is 0 Å². The van der Waals surface area contributed by atoms with Crippen molar-refractivity contribution < 1.29 is 9.53 Å². The molecule has 0 radical (unpaired) electrons. The van der Waals surface area contributed by atoms with Gasteiger partial charge in [-0.15, -0.1) is 0 Å². The number of hydrogen-bond acceptors (Lipinski definition) is 5. The van der Waals surface area contributed by atoms with Gasteiger partial charge in [0, 0.05) is 17.8 Å². The van der Waals surface area contributed by atoms with E-state index in [0.29, 0.717) is 22.9 Å². The van der Waals surface area contributed by atoms with Crippen LogP contribution in [0.1, 0.15) is 25.1 Å². The Morgan fingerprint density at radius 2 is 1.96 bits per heavy atom. The third-order valence-electron chi connectivity index (χ3n) is 2.68. The number of amides is 2. The van der Waals surface area contributed by atoms with E-state index in [0.717, 1.165) is 0 Å². The van der Waals surface area contributed by atoms with E-state index in [2.05, 4.69) is 20.6 Å². The van der Waals surface area contributed by atoms with Gasteiger partial charge in [-0.2, -0.15) is 10.2 Å². The van der Waals surface area contributed by atoms with E-state index in [-0.39, 0.29) is 18.0 Å². The molecule has 0 spiro atoms. The summed E-state index contributed by atoms with van der Waals surface area (Å²) in [6.07, 6.45) is 0. The highest BCUT2D eigenvalue weighted by atomic mass is 16.5. The van der Waals surface area contributed by atoms with Crippen LogP contribution >= 0.6 is 0 Å². The predicted octanol–water partition coefficient (Wildman–Crippen LogP) is 2.98. The Morgan fingerprint density at radius 1 is 1.26 bits per heavy atom. The molecule has 0 atom stereocenters. The summed E-state index contributed by atoms with van der Waals surface area (Å²) in [5.74, 6) is 1.01. The maximum Gasteiger partial charge on any atom is 0.321 e. The van der Waals surface area contributed by atoms with Crippen LogP contribution in [0.5, 0.6) is 11.6 Å². The zero-order valence-corrected chi connectivity index (χ0v) is 13.1. The third kappa shape index (κ3) is 4.97. The predicted molar refractivity (Wildman–Crippen MR) is 85.3 cm³/mol. The zero-order chi connectivity index (χ0) is 16.8. The van der Waals surface area contributed by atoms with Crippen molar-refractivity contribution in [1.29, 1.82) is 5.26 Å². The van der Waals surface area contributed by atoms with Crippen LogP contribution in [0.3, 0.4) is 0 Å². The van der Waals surface area contributed by atoms with Gasteiger partial charge < -0.3 is 10.1 Å². The quantitative estimate of drug-likeness (QED) is 0.904. The highest BCUT2D eigenvalue weighted by molar-refractivity contribution is 5.87. The standard InChI is InChI=1S/C16H17N5O2/c1-10(2)18-16(22)21-15-19-11(3)8-14(20-15)23-13-6-4-12(9-17)5-7-13/h4-8,10H,1-3H3,(H2,18,19,20,21,22). The third-order valence-corrected chi connectivity index (χ3v) is 2.68. The van der Waals surface area contributed by atoms with E-state index in [1.165, 1.54) is 0 Å². The van der Waals surface area contributed by atoms with Crippen molar-refractivity contribution in [2.24, 2.45) is 0 Å². The van der Waals surface area contributed by atoms with Gasteiger partial charge in [0.25, 0.3) is 0 Å². The minimum atomic E-state index is -0.380. The van der Waals surface area contributed by atoms with E-state index in [1.807, 2.05) is 19.9 Å². The Balaban J connectivity index is 2.13. The zero-order valence-electron chi connectivity index (χ0n) is 13.1. The summed E-state index contributed by atoms with van der Waals surface area (Å²) in [5, 5.41) is 14.0. The highest BCUT2D eigenvalue weighted by Gasteiger charge is 2.09. The molecule has 7 nitrogen and oxygen atoms in total. The molecule has 2 rings (SSSR count). The molecule has 0 fully saturated rings. The molecule has 0 aliphatic carbocycles. The number of ether oxygens (including phenoxy) is 1. The lowest BCUT2D eigenvalue weighted by Gasteiger charge is -2.11. The smallest absolute Gasteiger partial charge is 0.321 e. The first-order chi connectivity index (χ1) is 11.0. The molecule has 2 aromatic rings. The molecule has 0 aliphatic heterocycles. The summed E-state index contributed by atoms with van der Waals surface area (Å²) < 4.78 is 5.63. The molecule has 1 aromatic carbocycles. The van der Waals surface area contributed by atoms with Gasteiger partial charge in [-0.05, 0) is 45.0 Å². The van der Waals surface area contributed by atoms with Gasteiger partial charge in [-0.25, -0.2) is 9.78 Å². The molecule has 2 N–H and O–H groups in total. The van der Waals surface area contributed by atoms with Gasteiger partial charge in [0.2, 0.25) is 11.8 Å². The summed E-state index contributed by atoms with van der Waals surface area (Å²) in [4.78, 5) is 20.0. The molecule has 1 heterocycles. The van der Waals surface area contributed by atoms with Crippen LogP contribution in [-0.4, -0.2) is 22.0 Å². The molecule has 0 saturated carbocycles. The van der Waals surface area contributed by atoms with Crippen LogP contribution < -0.4 is 15.4 Å². The first kappa shape index (κ1) is 16.2. The van der Waals surface area contributed by atoms with Crippen molar-refractivity contribution in [2.75, 3.05) is 5.32 Å². The van der Waals surface area contributed by atoms with Crippen molar-refractivity contribution in [3.63, 3.8) is 0 Å². The highest BCUT2D eigenvalue weighted by Crippen LogP contribution is 2.21. The van der Waals surface area contributed by atoms with E-state index >= 15 is 0 Å². The minimum Gasteiger partial charge on any atom is -0.439 e. The van der Waals surface area contributed by atoms with Crippen molar-refractivity contribution >= 4 is 12.0 Å². The van der Waals surface area contributed by atoms with Crippen molar-refractivity contribution in [3.8, 4) is 17.7 Å². The van der Waals surface area contributed by atoms with Crippen LogP contribution in [0.15, 0.2) is 30.3 Å². The van der Waals surface area contributed by atoms with Crippen molar-refractivity contribution in [3.05, 3.63) is 41.6 Å². The monoisotopic (exact) mass is 311 g/mol. The number of benzene rings is 1. The number of aromatic nitrogens is 2. The van der Waals surface area contributed by atoms with Crippen LogP contribution in [0.4, 0.5) is 10.7 Å². The minimum absolute atomic E-state index is 0.00850. The van der Waals surface area contributed by atoms with Gasteiger partial charge in [-0.3, -0.25) is 5.32 Å². The molecular weight excluding hydrogens is 294 g/mol. The lowest BCUT2D eigenvalue weighted by Crippen LogP contribution is -2.34. The first-order valence-electron chi connectivity index (χ1n) is 7.07. The number of nitriles is 1. The van der Waals surface area contributed by atoms with E-state index in [4.69, 9.17) is 10.00 Å². The summed E-state index contributed by atoms with van der Waals surface area (Å²) in [5.41, 5.74) is 1.20. The SMILES string of the molecule is Cc1cc(Oc2ccc(C#N)cc2)nc(NC(=O)NC(C)C)n1. The number of rotatable bonds is 4. The molecule has 23 heavy (non-hydrogen) atoms. The van der Waals surface area contributed by atoms with E-state index in [9.17, 15) is 4.79 Å². The molecule has 0 unspecified atom stereocenters. The van der Waals surface area contributed by atoms with Crippen LogP contribution in [0.25, 0.3) is 0 Å². The summed E-state index contributed by atoms with van der Waals surface area (Å²) >= 11 is 0. The Bertz CT molecular complexity index is 735. The molecule has 0 saturated heterocycles. The van der Waals surface area contributed by atoms with Crippen LogP contribution in [0.2, 0.25) is 0 Å². The number of carbonyl (C=O) groups is 1. The van der Waals surface area contributed by atoms with Gasteiger partial charge in [-0.1, -0.05) is 0 Å². The summed E-state index contributed by atoms with van der Waals surface area (Å²) in [6.45, 7) is 5.49. The lowest BCUT2D eigenvalue weighted by atomic mass is 10.2. The van der Waals surface area contributed by atoms with Crippen molar-refractivity contribution in [2.45, 2.75) is 26.8 Å². The fraction of sp³-hybridized carbons (Fsp3) is 0.250. The normalized spacial score (nSPS) is 10.0. The Hall–Kier alpha value is -3.14. The average Bonchev–Trinajstić information content (AvgIpc) is 2.46. The number of aryl methyl sites for hydroxylation is 1. The first-order valence-corrected chi connectivity index (χ1v) is 7.07. The van der Waals surface area contributed by atoms with Gasteiger partial charge >= 0.3 is 6.03 Å². The second-order valence-electron chi connectivity index (χ2n) is 5.16. The molecule has 118 valence electrons.